The summed E-state index contributed by atoms with van der Waals surface area (Å²) in [4.78, 5) is 1.94. The number of aliphatic hydroxyl groups excluding tert-OH is 1. The van der Waals surface area contributed by atoms with Crippen LogP contribution < -0.4 is 0 Å². The Hall–Kier alpha value is -1.04. The molecule has 1 atom stereocenters. The van der Waals surface area contributed by atoms with E-state index >= 15 is 0 Å². The standard InChI is InChI=1S/C12H15F2NO2/c13-9-1-2-10(11(14)7-9)12(8-16)15-3-5-17-6-4-15/h1-2,7,12,16H,3-6,8H2. The number of hydrogen-bond acceptors (Lipinski definition) is 3. The molecule has 1 aromatic rings. The minimum atomic E-state index is -0.615. The van der Waals surface area contributed by atoms with Crippen LogP contribution in [0.1, 0.15) is 11.6 Å². The largest absolute Gasteiger partial charge is 0.394 e. The first-order chi connectivity index (χ1) is 8.22. The highest BCUT2D eigenvalue weighted by molar-refractivity contribution is 5.22. The Morgan fingerprint density at radius 3 is 2.59 bits per heavy atom. The van der Waals surface area contributed by atoms with Gasteiger partial charge in [0, 0.05) is 24.7 Å². The summed E-state index contributed by atoms with van der Waals surface area (Å²) < 4.78 is 31.7. The van der Waals surface area contributed by atoms with Crippen LogP contribution in [0.25, 0.3) is 0 Å². The monoisotopic (exact) mass is 243 g/mol. The number of nitrogens with zero attached hydrogens (tertiary/aromatic N) is 1. The molecule has 0 amide bonds. The van der Waals surface area contributed by atoms with Crippen LogP contribution in [0.15, 0.2) is 18.2 Å². The number of benzene rings is 1. The molecule has 1 aliphatic heterocycles. The summed E-state index contributed by atoms with van der Waals surface area (Å²) in [7, 11) is 0. The van der Waals surface area contributed by atoms with Gasteiger partial charge in [0.15, 0.2) is 0 Å². The first kappa shape index (κ1) is 12.4. The van der Waals surface area contributed by atoms with E-state index in [4.69, 9.17) is 4.74 Å². The zero-order valence-electron chi connectivity index (χ0n) is 9.40. The summed E-state index contributed by atoms with van der Waals surface area (Å²) in [5.74, 6) is -1.22. The predicted octanol–water partition coefficient (Wildman–Crippen LogP) is 1.33. The highest BCUT2D eigenvalue weighted by atomic mass is 19.1. The first-order valence-electron chi connectivity index (χ1n) is 5.60. The Kier molecular flexibility index (Phi) is 4.04. The van der Waals surface area contributed by atoms with Crippen molar-refractivity contribution in [2.24, 2.45) is 0 Å². The van der Waals surface area contributed by atoms with Crippen molar-refractivity contribution < 1.29 is 18.6 Å². The molecule has 1 aliphatic rings. The Balaban J connectivity index is 2.21. The van der Waals surface area contributed by atoms with E-state index in [0.29, 0.717) is 31.9 Å². The van der Waals surface area contributed by atoms with Gasteiger partial charge in [0.2, 0.25) is 0 Å². The molecule has 1 aromatic carbocycles. The van der Waals surface area contributed by atoms with Gasteiger partial charge in [-0.3, -0.25) is 4.90 Å². The molecule has 1 heterocycles. The normalized spacial score (nSPS) is 19.2. The molecule has 0 aliphatic carbocycles. The van der Waals surface area contributed by atoms with Gasteiger partial charge < -0.3 is 9.84 Å². The lowest BCUT2D eigenvalue weighted by Gasteiger charge is -2.33. The molecule has 0 bridgehead atoms. The average molecular weight is 243 g/mol. The zero-order valence-corrected chi connectivity index (χ0v) is 9.40. The smallest absolute Gasteiger partial charge is 0.130 e. The van der Waals surface area contributed by atoms with Gasteiger partial charge in [-0.1, -0.05) is 6.07 Å². The minimum Gasteiger partial charge on any atom is -0.394 e. The van der Waals surface area contributed by atoms with Crippen molar-refractivity contribution in [3.63, 3.8) is 0 Å². The third-order valence-electron chi connectivity index (χ3n) is 2.98. The molecule has 1 fully saturated rings. The van der Waals surface area contributed by atoms with E-state index in [1.807, 2.05) is 4.90 Å². The lowest BCUT2D eigenvalue weighted by atomic mass is 10.0. The van der Waals surface area contributed by atoms with Crippen LogP contribution in [0.5, 0.6) is 0 Å². The van der Waals surface area contributed by atoms with Crippen molar-refractivity contribution in [1.29, 1.82) is 0 Å². The lowest BCUT2D eigenvalue weighted by Crippen LogP contribution is -2.40. The third kappa shape index (κ3) is 2.80. The number of hydrogen-bond donors (Lipinski definition) is 1. The molecule has 2 rings (SSSR count). The van der Waals surface area contributed by atoms with Crippen LogP contribution in [0.2, 0.25) is 0 Å². The Morgan fingerprint density at radius 1 is 1.29 bits per heavy atom. The molecule has 5 heteroatoms. The van der Waals surface area contributed by atoms with Crippen LogP contribution in [-0.4, -0.2) is 42.9 Å². The molecule has 94 valence electrons. The summed E-state index contributed by atoms with van der Waals surface area (Å²) in [6.07, 6.45) is 0. The van der Waals surface area contributed by atoms with Crippen LogP contribution >= 0.6 is 0 Å². The second kappa shape index (κ2) is 5.53. The number of ether oxygens (including phenoxy) is 1. The summed E-state index contributed by atoms with van der Waals surface area (Å²) in [5, 5.41) is 9.38. The summed E-state index contributed by atoms with van der Waals surface area (Å²) in [5.41, 5.74) is 0.329. The molecule has 0 spiro atoms. The van der Waals surface area contributed by atoms with Gasteiger partial charge >= 0.3 is 0 Å². The van der Waals surface area contributed by atoms with Gasteiger partial charge in [-0.15, -0.1) is 0 Å². The van der Waals surface area contributed by atoms with Crippen molar-refractivity contribution in [2.45, 2.75) is 6.04 Å². The zero-order chi connectivity index (χ0) is 12.3. The molecular formula is C12H15F2NO2. The maximum atomic E-state index is 13.6. The van der Waals surface area contributed by atoms with Crippen LogP contribution in [0.4, 0.5) is 8.78 Å². The van der Waals surface area contributed by atoms with Crippen LogP contribution in [-0.2, 0) is 4.74 Å². The van der Waals surface area contributed by atoms with E-state index in [2.05, 4.69) is 0 Å². The van der Waals surface area contributed by atoms with E-state index in [1.165, 1.54) is 12.1 Å². The maximum Gasteiger partial charge on any atom is 0.130 e. The number of aliphatic hydroxyl groups is 1. The van der Waals surface area contributed by atoms with Crippen molar-refractivity contribution in [1.82, 2.24) is 4.90 Å². The second-order valence-corrected chi connectivity index (χ2v) is 4.01. The second-order valence-electron chi connectivity index (χ2n) is 4.01. The summed E-state index contributed by atoms with van der Waals surface area (Å²) >= 11 is 0. The highest BCUT2D eigenvalue weighted by Gasteiger charge is 2.24. The van der Waals surface area contributed by atoms with E-state index in [9.17, 15) is 13.9 Å². The van der Waals surface area contributed by atoms with Gasteiger partial charge in [0.25, 0.3) is 0 Å². The van der Waals surface area contributed by atoms with Gasteiger partial charge in [-0.05, 0) is 6.07 Å². The third-order valence-corrected chi connectivity index (χ3v) is 2.98. The predicted molar refractivity (Wildman–Crippen MR) is 58.6 cm³/mol. The number of halogens is 2. The van der Waals surface area contributed by atoms with E-state index in [-0.39, 0.29) is 6.61 Å². The summed E-state index contributed by atoms with van der Waals surface area (Å²) in [6, 6.07) is 3.01. The molecule has 3 nitrogen and oxygen atoms in total. The highest BCUT2D eigenvalue weighted by Crippen LogP contribution is 2.24. The summed E-state index contributed by atoms with van der Waals surface area (Å²) in [6.45, 7) is 2.23. The molecule has 0 radical (unpaired) electrons. The first-order valence-corrected chi connectivity index (χ1v) is 5.60. The van der Waals surface area contributed by atoms with Crippen LogP contribution in [0.3, 0.4) is 0 Å². The van der Waals surface area contributed by atoms with Crippen molar-refractivity contribution >= 4 is 0 Å². The van der Waals surface area contributed by atoms with Gasteiger partial charge in [0.05, 0.1) is 25.9 Å². The van der Waals surface area contributed by atoms with Crippen molar-refractivity contribution in [2.75, 3.05) is 32.9 Å². The Bertz CT molecular complexity index is 381. The molecule has 0 saturated carbocycles. The number of morpholine rings is 1. The van der Waals surface area contributed by atoms with Gasteiger partial charge in [-0.2, -0.15) is 0 Å². The van der Waals surface area contributed by atoms with Gasteiger partial charge in [0.1, 0.15) is 11.6 Å². The van der Waals surface area contributed by atoms with E-state index in [1.54, 1.807) is 0 Å². The fourth-order valence-corrected chi connectivity index (χ4v) is 2.07. The van der Waals surface area contributed by atoms with Gasteiger partial charge in [-0.25, -0.2) is 8.78 Å². The average Bonchev–Trinajstić information content (AvgIpc) is 2.34. The van der Waals surface area contributed by atoms with E-state index < -0.39 is 17.7 Å². The number of rotatable bonds is 3. The van der Waals surface area contributed by atoms with E-state index in [0.717, 1.165) is 6.07 Å². The molecule has 17 heavy (non-hydrogen) atoms. The molecular weight excluding hydrogens is 228 g/mol. The quantitative estimate of drug-likeness (QED) is 0.869. The Labute approximate surface area is 98.6 Å². The fourth-order valence-electron chi connectivity index (χ4n) is 2.07. The molecule has 1 saturated heterocycles. The molecule has 1 N–H and O–H groups in total. The molecule has 0 aromatic heterocycles. The SMILES string of the molecule is OCC(c1ccc(F)cc1F)N1CCOCC1. The topological polar surface area (TPSA) is 32.7 Å². The lowest BCUT2D eigenvalue weighted by molar-refractivity contribution is 0.00171. The minimum absolute atomic E-state index is 0.192. The maximum absolute atomic E-state index is 13.6. The molecule has 1 unspecified atom stereocenters. The van der Waals surface area contributed by atoms with Crippen molar-refractivity contribution in [3.05, 3.63) is 35.4 Å². The Morgan fingerprint density at radius 2 is 2.00 bits per heavy atom. The van der Waals surface area contributed by atoms with Crippen LogP contribution in [0, 0.1) is 11.6 Å². The van der Waals surface area contributed by atoms with Crippen molar-refractivity contribution in [3.8, 4) is 0 Å². The fraction of sp³-hybridized carbons (Fsp3) is 0.500.